The number of amides is 1. The van der Waals surface area contributed by atoms with Gasteiger partial charge in [0, 0.05) is 37.8 Å². The molecule has 0 unspecified atom stereocenters. The summed E-state index contributed by atoms with van der Waals surface area (Å²) in [5.74, 6) is -0.769. The van der Waals surface area contributed by atoms with Gasteiger partial charge in [-0.15, -0.1) is 0 Å². The normalized spacial score (nSPS) is 15.1. The number of halogens is 2. The second kappa shape index (κ2) is 7.25. The first-order chi connectivity index (χ1) is 11.6. The van der Waals surface area contributed by atoms with Crippen LogP contribution in [0.4, 0.5) is 14.5 Å². The minimum Gasteiger partial charge on any atom is -0.366 e. The van der Waals surface area contributed by atoms with Crippen molar-refractivity contribution in [2.75, 3.05) is 31.1 Å². The van der Waals surface area contributed by atoms with E-state index in [0.29, 0.717) is 37.4 Å². The lowest BCUT2D eigenvalue weighted by molar-refractivity contribution is -0.126. The predicted octanol–water partition coefficient (Wildman–Crippen LogP) is 3.33. The number of carbonyl (C=O) groups excluding carboxylic acids is 1. The lowest BCUT2D eigenvalue weighted by atomic mass is 10.2. The van der Waals surface area contributed by atoms with Crippen LogP contribution in [0.1, 0.15) is 5.56 Å². The van der Waals surface area contributed by atoms with Crippen molar-refractivity contribution in [2.45, 2.75) is 0 Å². The van der Waals surface area contributed by atoms with Gasteiger partial charge in [-0.05, 0) is 24.3 Å². The maximum Gasteiger partial charge on any atom is 0.246 e. The highest BCUT2D eigenvalue weighted by molar-refractivity contribution is 5.92. The Balaban J connectivity index is 1.59. The van der Waals surface area contributed by atoms with Crippen LogP contribution in [0.15, 0.2) is 54.6 Å². The van der Waals surface area contributed by atoms with Crippen molar-refractivity contribution in [1.29, 1.82) is 0 Å². The molecule has 124 valence electrons. The van der Waals surface area contributed by atoms with Crippen LogP contribution < -0.4 is 4.90 Å². The summed E-state index contributed by atoms with van der Waals surface area (Å²) in [5, 5.41) is 0. The maximum atomic E-state index is 13.8. The number of hydrogen-bond acceptors (Lipinski definition) is 2. The van der Waals surface area contributed by atoms with E-state index in [1.165, 1.54) is 24.3 Å². The molecule has 0 bridgehead atoms. The Morgan fingerprint density at radius 1 is 0.875 bits per heavy atom. The molecule has 1 heterocycles. The number of benzene rings is 2. The predicted molar refractivity (Wildman–Crippen MR) is 90.6 cm³/mol. The van der Waals surface area contributed by atoms with Crippen LogP contribution in [0.5, 0.6) is 0 Å². The van der Waals surface area contributed by atoms with Gasteiger partial charge in [0.1, 0.15) is 11.6 Å². The minimum absolute atomic E-state index is 0.161. The SMILES string of the molecule is O=C(/C=C/c1ccccc1F)N1CCN(c2ccccc2F)CC1. The highest BCUT2D eigenvalue weighted by Gasteiger charge is 2.21. The molecule has 0 N–H and O–H groups in total. The van der Waals surface area contributed by atoms with E-state index in [1.807, 2.05) is 4.90 Å². The Kier molecular flexibility index (Phi) is 4.89. The first-order valence-electron chi connectivity index (χ1n) is 7.86. The lowest BCUT2D eigenvalue weighted by Crippen LogP contribution is -2.48. The molecule has 1 aliphatic heterocycles. The van der Waals surface area contributed by atoms with E-state index in [2.05, 4.69) is 0 Å². The fraction of sp³-hybridized carbons (Fsp3) is 0.211. The number of rotatable bonds is 3. The van der Waals surface area contributed by atoms with Crippen LogP contribution in [0.25, 0.3) is 6.08 Å². The van der Waals surface area contributed by atoms with E-state index in [0.717, 1.165) is 0 Å². The second-order valence-corrected chi connectivity index (χ2v) is 5.62. The van der Waals surface area contributed by atoms with E-state index >= 15 is 0 Å². The fourth-order valence-electron chi connectivity index (χ4n) is 2.75. The molecule has 1 saturated heterocycles. The lowest BCUT2D eigenvalue weighted by Gasteiger charge is -2.35. The van der Waals surface area contributed by atoms with Gasteiger partial charge in [0.15, 0.2) is 0 Å². The average molecular weight is 328 g/mol. The molecule has 3 rings (SSSR count). The van der Waals surface area contributed by atoms with Gasteiger partial charge in [0.25, 0.3) is 0 Å². The Morgan fingerprint density at radius 3 is 2.17 bits per heavy atom. The number of hydrogen-bond donors (Lipinski definition) is 0. The molecule has 3 nitrogen and oxygen atoms in total. The van der Waals surface area contributed by atoms with Crippen LogP contribution >= 0.6 is 0 Å². The molecule has 0 atom stereocenters. The third kappa shape index (κ3) is 3.62. The summed E-state index contributed by atoms with van der Waals surface area (Å²) in [5.41, 5.74) is 0.947. The molecular formula is C19H18F2N2O. The van der Waals surface area contributed by atoms with E-state index in [1.54, 1.807) is 41.3 Å². The van der Waals surface area contributed by atoms with E-state index in [4.69, 9.17) is 0 Å². The molecule has 24 heavy (non-hydrogen) atoms. The van der Waals surface area contributed by atoms with Crippen LogP contribution in [0.3, 0.4) is 0 Å². The molecule has 0 aromatic heterocycles. The Morgan fingerprint density at radius 2 is 1.50 bits per heavy atom. The molecular weight excluding hydrogens is 310 g/mol. The zero-order valence-electron chi connectivity index (χ0n) is 13.2. The van der Waals surface area contributed by atoms with Gasteiger partial charge in [0.05, 0.1) is 5.69 Å². The molecule has 0 spiro atoms. The zero-order chi connectivity index (χ0) is 16.9. The topological polar surface area (TPSA) is 23.6 Å². The maximum absolute atomic E-state index is 13.8. The molecule has 1 aliphatic rings. The van der Waals surface area contributed by atoms with Gasteiger partial charge in [-0.3, -0.25) is 4.79 Å². The fourth-order valence-corrected chi connectivity index (χ4v) is 2.75. The van der Waals surface area contributed by atoms with Crippen LogP contribution in [-0.4, -0.2) is 37.0 Å². The summed E-state index contributed by atoms with van der Waals surface area (Å²) in [4.78, 5) is 15.8. The van der Waals surface area contributed by atoms with Crippen molar-refractivity contribution in [1.82, 2.24) is 4.90 Å². The number of anilines is 1. The summed E-state index contributed by atoms with van der Waals surface area (Å²) in [6.07, 6.45) is 2.87. The van der Waals surface area contributed by atoms with E-state index in [-0.39, 0.29) is 17.5 Å². The van der Waals surface area contributed by atoms with Crippen molar-refractivity contribution in [3.8, 4) is 0 Å². The van der Waals surface area contributed by atoms with Gasteiger partial charge in [-0.25, -0.2) is 8.78 Å². The van der Waals surface area contributed by atoms with Gasteiger partial charge < -0.3 is 9.80 Å². The van der Waals surface area contributed by atoms with Crippen LogP contribution in [-0.2, 0) is 4.79 Å². The third-order valence-electron chi connectivity index (χ3n) is 4.10. The van der Waals surface area contributed by atoms with E-state index in [9.17, 15) is 13.6 Å². The summed E-state index contributed by atoms with van der Waals surface area (Å²) < 4.78 is 27.3. The van der Waals surface area contributed by atoms with Crippen molar-refractivity contribution in [2.24, 2.45) is 0 Å². The van der Waals surface area contributed by atoms with E-state index < -0.39 is 0 Å². The molecule has 2 aromatic rings. The molecule has 0 radical (unpaired) electrons. The number of nitrogens with zero attached hydrogens (tertiary/aromatic N) is 2. The summed E-state index contributed by atoms with van der Waals surface area (Å²) in [7, 11) is 0. The van der Waals surface area contributed by atoms with Crippen molar-refractivity contribution in [3.63, 3.8) is 0 Å². The Hall–Kier alpha value is -2.69. The standard InChI is InChI=1S/C19H18F2N2O/c20-16-6-2-1-5-15(16)9-10-19(24)23-13-11-22(12-14-23)18-8-4-3-7-17(18)21/h1-10H,11-14H2/b10-9+. The number of para-hydroxylation sites is 1. The minimum atomic E-state index is -0.356. The number of carbonyl (C=O) groups is 1. The Bertz CT molecular complexity index is 753. The van der Waals surface area contributed by atoms with Crippen molar-refractivity contribution < 1.29 is 13.6 Å². The van der Waals surface area contributed by atoms with Gasteiger partial charge >= 0.3 is 0 Å². The summed E-state index contributed by atoms with van der Waals surface area (Å²) >= 11 is 0. The van der Waals surface area contributed by atoms with Crippen LogP contribution in [0.2, 0.25) is 0 Å². The summed E-state index contributed by atoms with van der Waals surface area (Å²) in [6.45, 7) is 2.16. The van der Waals surface area contributed by atoms with Gasteiger partial charge in [-0.1, -0.05) is 30.3 Å². The highest BCUT2D eigenvalue weighted by Crippen LogP contribution is 2.20. The summed E-state index contributed by atoms with van der Waals surface area (Å²) in [6, 6.07) is 12.9. The average Bonchev–Trinajstić information content (AvgIpc) is 2.61. The molecule has 2 aromatic carbocycles. The first-order valence-corrected chi connectivity index (χ1v) is 7.86. The third-order valence-corrected chi connectivity index (χ3v) is 4.10. The Labute approximate surface area is 139 Å². The quantitative estimate of drug-likeness (QED) is 0.807. The molecule has 1 fully saturated rings. The molecule has 5 heteroatoms. The zero-order valence-corrected chi connectivity index (χ0v) is 13.2. The molecule has 1 amide bonds. The number of piperazine rings is 1. The van der Waals surface area contributed by atoms with Gasteiger partial charge in [0.2, 0.25) is 5.91 Å². The van der Waals surface area contributed by atoms with Crippen molar-refractivity contribution in [3.05, 3.63) is 71.8 Å². The van der Waals surface area contributed by atoms with Crippen LogP contribution in [0, 0.1) is 11.6 Å². The smallest absolute Gasteiger partial charge is 0.246 e. The monoisotopic (exact) mass is 328 g/mol. The largest absolute Gasteiger partial charge is 0.366 e. The second-order valence-electron chi connectivity index (χ2n) is 5.62. The molecule has 0 aliphatic carbocycles. The first kappa shape index (κ1) is 16.2. The van der Waals surface area contributed by atoms with Crippen molar-refractivity contribution >= 4 is 17.7 Å². The molecule has 0 saturated carbocycles. The highest BCUT2D eigenvalue weighted by atomic mass is 19.1. The van der Waals surface area contributed by atoms with Gasteiger partial charge in [-0.2, -0.15) is 0 Å².